The summed E-state index contributed by atoms with van der Waals surface area (Å²) in [5.74, 6) is -3.29. The summed E-state index contributed by atoms with van der Waals surface area (Å²) < 4.78 is 38.3. The number of aliphatic hydroxyl groups excluding tert-OH is 4. The summed E-state index contributed by atoms with van der Waals surface area (Å²) >= 11 is 0. The average molecular weight is 1120 g/mol. The largest absolute Gasteiger partial charge is 0.459 e. The number of Topliss-reactive ketones (excluding diaryl/α,β-unsaturated/α-hetero) is 1. The van der Waals surface area contributed by atoms with Gasteiger partial charge in [0.15, 0.2) is 12.6 Å². The first-order chi connectivity index (χ1) is 36.7. The summed E-state index contributed by atoms with van der Waals surface area (Å²) in [6.45, 7) is 22.3. The van der Waals surface area contributed by atoms with Crippen molar-refractivity contribution >= 4 is 17.7 Å². The van der Waals surface area contributed by atoms with Gasteiger partial charge in [-0.25, -0.2) is 0 Å². The summed E-state index contributed by atoms with van der Waals surface area (Å²) in [6.07, 6.45) is -4.20. The van der Waals surface area contributed by atoms with E-state index in [0.717, 1.165) is 5.57 Å². The van der Waals surface area contributed by atoms with Crippen molar-refractivity contribution in [2.75, 3.05) is 40.8 Å². The van der Waals surface area contributed by atoms with Gasteiger partial charge in [0.25, 0.3) is 5.91 Å². The van der Waals surface area contributed by atoms with E-state index < -0.39 is 119 Å². The first-order valence-corrected chi connectivity index (χ1v) is 29.9. The number of aliphatic hydroxyl groups is 7. The number of methoxy groups -OCH3 is 1. The number of likely N-dealkylation sites (N-methyl/N-ethyl adjacent to an activating group) is 1. The van der Waals surface area contributed by atoms with E-state index in [2.05, 4.69) is 18.3 Å². The second-order valence-corrected chi connectivity index (χ2v) is 27.3. The van der Waals surface area contributed by atoms with Crippen LogP contribution in [0.2, 0.25) is 0 Å². The fraction of sp³-hybridized carbons (Fsp3) is 0.917. The van der Waals surface area contributed by atoms with E-state index in [4.69, 9.17) is 28.4 Å². The number of cyclic esters (lactones) is 1. The summed E-state index contributed by atoms with van der Waals surface area (Å²) in [6, 6.07) is -1.10. The third-order valence-corrected chi connectivity index (χ3v) is 21.3. The molecule has 25 atom stereocenters. The van der Waals surface area contributed by atoms with Crippen molar-refractivity contribution in [1.29, 1.82) is 0 Å². The molecule has 3 aliphatic heterocycles. The number of carbonyl (C=O) groups is 3. The maximum atomic E-state index is 14.7. The predicted molar refractivity (Wildman–Crippen MR) is 294 cm³/mol. The Morgan fingerprint density at radius 1 is 0.911 bits per heavy atom. The standard InChI is InChI=1S/C60H103N3O16/c1-16-44-59(12,72)49(67)36(6)63(25-17-24-61-54(70)60(73)23-21-41-40-19-18-38-27-39(64)20-22-55(38,8)46(40)43(65)29-56(41,60)9)31-32(2)28-57(10,71)51(79-53-47(66)42(62(13)14)26-33(3)75-53)34(4)48(35(5)52(69)77-44)78-45-30-58(11,74-15)50(68)37(7)76-45/h18,32-37,40-51,53,65-68,71-73H,16-17,19-31H2,1-15H3,(H,61,70)/t32?,33-,34+,35-,36-,37?,40?,41?,42-,43+,44-,45-,46?,47-,48?,49-,50-,51?,53+,55+,56+,57-,58+,59-,60+/m1/s1. The highest BCUT2D eigenvalue weighted by molar-refractivity contribution is 5.86. The number of carbonyl (C=O) groups excluding carboxylic acids is 3. The molecule has 8 N–H and O–H groups in total. The minimum absolute atomic E-state index is 0.00515. The number of fused-ring (bicyclic) bond motifs is 5. The molecular weight excluding hydrogens is 1020 g/mol. The van der Waals surface area contributed by atoms with Gasteiger partial charge in [-0.15, -0.1) is 0 Å². The molecular formula is C60H103N3O16. The van der Waals surface area contributed by atoms with Gasteiger partial charge >= 0.3 is 5.97 Å². The van der Waals surface area contributed by atoms with Crippen LogP contribution in [0.3, 0.4) is 0 Å². The maximum absolute atomic E-state index is 14.7. The van der Waals surface area contributed by atoms with Gasteiger partial charge in [-0.05, 0) is 149 Å². The van der Waals surface area contributed by atoms with Crippen LogP contribution in [0.15, 0.2) is 11.6 Å². The summed E-state index contributed by atoms with van der Waals surface area (Å²) in [5.41, 5.74) is -6.57. The Morgan fingerprint density at radius 2 is 1.59 bits per heavy atom. The van der Waals surface area contributed by atoms with Crippen LogP contribution >= 0.6 is 0 Å². The zero-order valence-corrected chi connectivity index (χ0v) is 50.4. The van der Waals surface area contributed by atoms with E-state index in [9.17, 15) is 50.1 Å². The van der Waals surface area contributed by atoms with Crippen molar-refractivity contribution < 1.29 is 78.6 Å². The third kappa shape index (κ3) is 12.4. The zero-order valence-electron chi connectivity index (χ0n) is 50.4. The van der Waals surface area contributed by atoms with Gasteiger partial charge in [-0.3, -0.25) is 19.3 Å². The SMILES string of the molecule is CC[C@H]1OC(=O)[C@H](C)C(O[C@@H]2C[C@](C)(OC)[C@H](O)C(C)O2)[C@H](C)C(O[C@@H]2O[C@H](C)C[C@@H](N(C)C)[C@H]2O)[C@](C)(O)CC(C)CN(CCCNC(=O)[C@@]2(O)CCC3C4CC=C5CC(=O)CC[C@]5(C)C4[C@@H](O)C[C@@]32C)[C@H](C)[C@@H](O)[C@]1(C)O. The van der Waals surface area contributed by atoms with E-state index in [1.807, 2.05) is 44.7 Å². The average Bonchev–Trinajstić information content (AvgIpc) is 3.96. The Balaban J connectivity index is 1.15. The quantitative estimate of drug-likeness (QED) is 0.0780. The second-order valence-electron chi connectivity index (χ2n) is 27.3. The van der Waals surface area contributed by atoms with Crippen molar-refractivity contribution in [3.05, 3.63) is 11.6 Å². The van der Waals surface area contributed by atoms with Crippen LogP contribution in [0.25, 0.3) is 0 Å². The lowest BCUT2D eigenvalue weighted by molar-refractivity contribution is -0.318. The Kier molecular flexibility index (Phi) is 19.9. The number of esters is 1. The van der Waals surface area contributed by atoms with E-state index in [0.29, 0.717) is 51.5 Å². The summed E-state index contributed by atoms with van der Waals surface area (Å²) in [7, 11) is 5.24. The number of nitrogens with one attached hydrogen (secondary N) is 1. The molecule has 3 saturated carbocycles. The van der Waals surface area contributed by atoms with E-state index in [-0.39, 0.29) is 92.2 Å². The number of amides is 1. The number of ether oxygens (including phenoxy) is 6. The number of rotatable bonds is 12. The minimum atomic E-state index is -1.98. The molecule has 19 heteroatoms. The van der Waals surface area contributed by atoms with Crippen LogP contribution in [0.4, 0.5) is 0 Å². The number of allylic oxidation sites excluding steroid dienone is 2. The molecule has 4 aliphatic carbocycles. The molecule has 6 fully saturated rings. The third-order valence-electron chi connectivity index (χ3n) is 21.3. The number of hydrogen-bond donors (Lipinski definition) is 8. The lowest BCUT2D eigenvalue weighted by Gasteiger charge is -2.59. The molecule has 1 amide bonds. The Labute approximate surface area is 470 Å². The Hall–Kier alpha value is -2.21. The summed E-state index contributed by atoms with van der Waals surface area (Å²) in [4.78, 5) is 45.6. The van der Waals surface area contributed by atoms with Gasteiger partial charge in [0.2, 0.25) is 0 Å². The molecule has 0 aromatic rings. The highest BCUT2D eigenvalue weighted by Crippen LogP contribution is 2.67. The van der Waals surface area contributed by atoms with E-state index in [1.165, 1.54) is 14.0 Å². The molecule has 79 heavy (non-hydrogen) atoms. The lowest BCUT2D eigenvalue weighted by atomic mass is 9.46. The monoisotopic (exact) mass is 1120 g/mol. The molecule has 7 unspecified atom stereocenters. The van der Waals surface area contributed by atoms with Gasteiger partial charge in [-0.2, -0.15) is 0 Å². The van der Waals surface area contributed by atoms with E-state index >= 15 is 0 Å². The van der Waals surface area contributed by atoms with Crippen LogP contribution in [0.1, 0.15) is 160 Å². The van der Waals surface area contributed by atoms with Gasteiger partial charge < -0.3 is 74.4 Å². The van der Waals surface area contributed by atoms with Gasteiger partial charge in [0, 0.05) is 69.4 Å². The van der Waals surface area contributed by atoms with Crippen molar-refractivity contribution in [2.45, 2.75) is 262 Å². The van der Waals surface area contributed by atoms with Crippen molar-refractivity contribution in [3.8, 4) is 0 Å². The van der Waals surface area contributed by atoms with Crippen LogP contribution < -0.4 is 5.32 Å². The lowest BCUT2D eigenvalue weighted by Crippen LogP contribution is -2.63. The topological polar surface area (TPSA) is 267 Å². The molecule has 0 spiro atoms. The Bertz CT molecular complexity index is 2160. The molecule has 0 aromatic heterocycles. The van der Waals surface area contributed by atoms with Gasteiger partial charge in [0.05, 0.1) is 47.6 Å². The molecule has 3 heterocycles. The van der Waals surface area contributed by atoms with Crippen LogP contribution in [-0.4, -0.2) is 206 Å². The molecule has 0 bridgehead atoms. The maximum Gasteiger partial charge on any atom is 0.311 e. The second kappa shape index (κ2) is 24.4. The van der Waals surface area contributed by atoms with Crippen molar-refractivity contribution in [3.63, 3.8) is 0 Å². The van der Waals surface area contributed by atoms with Crippen molar-refractivity contribution in [1.82, 2.24) is 15.1 Å². The van der Waals surface area contributed by atoms with Gasteiger partial charge in [0.1, 0.15) is 41.4 Å². The molecule has 454 valence electrons. The van der Waals surface area contributed by atoms with E-state index in [1.54, 1.807) is 48.5 Å². The molecule has 3 saturated heterocycles. The first kappa shape index (κ1) is 64.4. The van der Waals surface area contributed by atoms with Gasteiger partial charge in [-0.1, -0.05) is 46.3 Å². The number of nitrogens with zero attached hydrogens (tertiary/aromatic N) is 2. The molecule has 7 aliphatic rings. The predicted octanol–water partition coefficient (Wildman–Crippen LogP) is 4.01. The zero-order chi connectivity index (χ0) is 58.7. The molecule has 0 aromatic carbocycles. The van der Waals surface area contributed by atoms with Crippen LogP contribution in [0.5, 0.6) is 0 Å². The fourth-order valence-electron chi connectivity index (χ4n) is 16.5. The molecule has 7 rings (SSSR count). The smallest absolute Gasteiger partial charge is 0.311 e. The normalized spacial score (nSPS) is 49.6. The van der Waals surface area contributed by atoms with Crippen LogP contribution in [-0.2, 0) is 42.8 Å². The molecule has 19 nitrogen and oxygen atoms in total. The minimum Gasteiger partial charge on any atom is -0.459 e. The first-order valence-electron chi connectivity index (χ1n) is 29.9. The fourth-order valence-corrected chi connectivity index (χ4v) is 16.5. The highest BCUT2D eigenvalue weighted by Gasteiger charge is 2.68. The number of ketones is 1. The van der Waals surface area contributed by atoms with Crippen LogP contribution in [0, 0.1) is 46.3 Å². The summed E-state index contributed by atoms with van der Waals surface area (Å²) in [5, 5.41) is 88.3. The molecule has 0 radical (unpaired) electrons. The van der Waals surface area contributed by atoms with Crippen molar-refractivity contribution in [2.24, 2.45) is 46.3 Å². The highest BCUT2D eigenvalue weighted by atomic mass is 16.7. The Morgan fingerprint density at radius 3 is 2.24 bits per heavy atom. The number of hydrogen-bond acceptors (Lipinski definition) is 18.